The predicted octanol–water partition coefficient (Wildman–Crippen LogP) is 0.892. The molecule has 0 aliphatic carbocycles. The maximum absolute atomic E-state index is 11.0. The highest BCUT2D eigenvalue weighted by molar-refractivity contribution is 5.73. The second kappa shape index (κ2) is 3.23. The molecule has 0 aromatic heterocycles. The number of amides is 1. The predicted molar refractivity (Wildman–Crippen MR) is 55.8 cm³/mol. The largest absolute Gasteiger partial charge is 0.353 e. The van der Waals surface area contributed by atoms with E-state index in [2.05, 4.69) is 19.4 Å². The van der Waals surface area contributed by atoms with Gasteiger partial charge in [0.25, 0.3) is 0 Å². The number of carbonyl (C=O) groups excluding carboxylic acids is 1. The molecule has 2 aliphatic rings. The lowest BCUT2D eigenvalue weighted by Crippen LogP contribution is -2.58. The Kier molecular flexibility index (Phi) is 2.30. The van der Waals surface area contributed by atoms with Crippen molar-refractivity contribution in [2.24, 2.45) is 0 Å². The van der Waals surface area contributed by atoms with Gasteiger partial charge >= 0.3 is 0 Å². The standard InChI is InChI=1S/C11H20N2O/c1-8(14)12-9-6-10-4-5-11(7-9)13(10,2)3/h9-11H,4-7H2,1-3H3/p+1. The van der Waals surface area contributed by atoms with Crippen molar-refractivity contribution in [3.05, 3.63) is 0 Å². The number of rotatable bonds is 1. The molecule has 2 bridgehead atoms. The van der Waals surface area contributed by atoms with Crippen LogP contribution < -0.4 is 5.32 Å². The fraction of sp³-hybridized carbons (Fsp3) is 0.909. The van der Waals surface area contributed by atoms with Gasteiger partial charge in [0.2, 0.25) is 5.91 Å². The molecule has 1 N–H and O–H groups in total. The summed E-state index contributed by atoms with van der Waals surface area (Å²) >= 11 is 0. The van der Waals surface area contributed by atoms with Crippen LogP contribution in [0.3, 0.4) is 0 Å². The summed E-state index contributed by atoms with van der Waals surface area (Å²) in [6, 6.07) is 1.98. The molecule has 0 spiro atoms. The maximum Gasteiger partial charge on any atom is 0.217 e. The van der Waals surface area contributed by atoms with Gasteiger partial charge in [0.15, 0.2) is 0 Å². The van der Waals surface area contributed by atoms with E-state index in [1.165, 1.54) is 30.2 Å². The van der Waals surface area contributed by atoms with Crippen molar-refractivity contribution in [3.8, 4) is 0 Å². The topological polar surface area (TPSA) is 29.1 Å². The highest BCUT2D eigenvalue weighted by atomic mass is 16.1. The van der Waals surface area contributed by atoms with E-state index in [1.54, 1.807) is 6.92 Å². The van der Waals surface area contributed by atoms with Crippen LogP contribution in [0, 0.1) is 0 Å². The van der Waals surface area contributed by atoms with E-state index >= 15 is 0 Å². The van der Waals surface area contributed by atoms with E-state index in [0.717, 1.165) is 12.1 Å². The van der Waals surface area contributed by atoms with E-state index in [1.807, 2.05) is 0 Å². The third kappa shape index (κ3) is 1.54. The molecule has 2 unspecified atom stereocenters. The zero-order chi connectivity index (χ0) is 10.3. The van der Waals surface area contributed by atoms with E-state index in [4.69, 9.17) is 0 Å². The Hall–Kier alpha value is -0.570. The van der Waals surface area contributed by atoms with Gasteiger partial charge in [-0.05, 0) is 0 Å². The van der Waals surface area contributed by atoms with Crippen LogP contribution in [0.1, 0.15) is 32.6 Å². The lowest BCUT2D eigenvalue weighted by atomic mass is 9.95. The van der Waals surface area contributed by atoms with Crippen LogP contribution in [0.15, 0.2) is 0 Å². The minimum absolute atomic E-state index is 0.126. The average Bonchev–Trinajstić information content (AvgIpc) is 2.30. The number of carbonyl (C=O) groups is 1. The fourth-order valence-corrected chi connectivity index (χ4v) is 3.29. The molecule has 0 radical (unpaired) electrons. The molecule has 0 saturated carbocycles. The quantitative estimate of drug-likeness (QED) is 0.622. The molecule has 2 saturated heterocycles. The normalized spacial score (nSPS) is 39.5. The van der Waals surface area contributed by atoms with Gasteiger partial charge in [0.05, 0.1) is 26.2 Å². The molecule has 14 heavy (non-hydrogen) atoms. The van der Waals surface area contributed by atoms with Crippen molar-refractivity contribution in [1.29, 1.82) is 0 Å². The number of hydrogen-bond donors (Lipinski definition) is 1. The van der Waals surface area contributed by atoms with Crippen LogP contribution >= 0.6 is 0 Å². The SMILES string of the molecule is CC(=O)NC1CC2CCC(C1)[N+]2(C)C. The molecule has 1 amide bonds. The lowest BCUT2D eigenvalue weighted by Gasteiger charge is -2.44. The molecule has 3 nitrogen and oxygen atoms in total. The molecule has 0 aromatic carbocycles. The van der Waals surface area contributed by atoms with Gasteiger partial charge in [0.1, 0.15) is 0 Å². The highest BCUT2D eigenvalue weighted by Crippen LogP contribution is 2.39. The van der Waals surface area contributed by atoms with Gasteiger partial charge in [-0.3, -0.25) is 4.79 Å². The van der Waals surface area contributed by atoms with Gasteiger partial charge in [-0.2, -0.15) is 0 Å². The second-order valence-corrected chi connectivity index (χ2v) is 5.38. The molecule has 3 heteroatoms. The third-order valence-corrected chi connectivity index (χ3v) is 4.24. The highest BCUT2D eigenvalue weighted by Gasteiger charge is 2.48. The Morgan fingerprint density at radius 3 is 2.14 bits per heavy atom. The molecular formula is C11H21N2O+. The Labute approximate surface area is 86.1 Å². The first kappa shape index (κ1) is 9.97. The summed E-state index contributed by atoms with van der Waals surface area (Å²) in [6.07, 6.45) is 5.02. The smallest absolute Gasteiger partial charge is 0.217 e. The Balaban J connectivity index is 2.02. The van der Waals surface area contributed by atoms with Gasteiger partial charge in [-0.15, -0.1) is 0 Å². The summed E-state index contributed by atoms with van der Waals surface area (Å²) in [5, 5.41) is 3.07. The summed E-state index contributed by atoms with van der Waals surface area (Å²) in [5.74, 6) is 0.126. The molecule has 2 rings (SSSR count). The van der Waals surface area contributed by atoms with E-state index < -0.39 is 0 Å². The summed E-state index contributed by atoms with van der Waals surface area (Å²) in [4.78, 5) is 11.0. The van der Waals surface area contributed by atoms with Crippen molar-refractivity contribution in [2.45, 2.75) is 50.7 Å². The van der Waals surface area contributed by atoms with Crippen molar-refractivity contribution in [2.75, 3.05) is 14.1 Å². The zero-order valence-corrected chi connectivity index (χ0v) is 9.42. The first-order chi connectivity index (χ1) is 6.50. The number of fused-ring (bicyclic) bond motifs is 2. The van der Waals surface area contributed by atoms with Crippen LogP contribution in [-0.4, -0.2) is 42.6 Å². The first-order valence-corrected chi connectivity index (χ1v) is 5.60. The molecular weight excluding hydrogens is 176 g/mol. The molecule has 2 atom stereocenters. The molecule has 2 heterocycles. The van der Waals surface area contributed by atoms with Crippen LogP contribution in [0.5, 0.6) is 0 Å². The van der Waals surface area contributed by atoms with Gasteiger partial charge in [-0.1, -0.05) is 0 Å². The average molecular weight is 197 g/mol. The van der Waals surface area contributed by atoms with Gasteiger partial charge in [-0.25, -0.2) is 0 Å². The third-order valence-electron chi connectivity index (χ3n) is 4.24. The minimum atomic E-state index is 0.126. The number of piperidine rings is 1. The number of quaternary nitrogens is 1. The van der Waals surface area contributed by atoms with Crippen LogP contribution in [-0.2, 0) is 4.79 Å². The fourth-order valence-electron chi connectivity index (χ4n) is 3.29. The maximum atomic E-state index is 11.0. The summed E-state index contributed by atoms with van der Waals surface area (Å²) < 4.78 is 1.18. The first-order valence-electron chi connectivity index (χ1n) is 5.60. The van der Waals surface area contributed by atoms with Crippen molar-refractivity contribution in [3.63, 3.8) is 0 Å². The lowest BCUT2D eigenvalue weighted by molar-refractivity contribution is -0.930. The zero-order valence-electron chi connectivity index (χ0n) is 9.42. The van der Waals surface area contributed by atoms with E-state index in [0.29, 0.717) is 6.04 Å². The van der Waals surface area contributed by atoms with Crippen molar-refractivity contribution in [1.82, 2.24) is 5.32 Å². The van der Waals surface area contributed by atoms with E-state index in [9.17, 15) is 4.79 Å². The molecule has 2 fully saturated rings. The Morgan fingerprint density at radius 1 is 1.21 bits per heavy atom. The van der Waals surface area contributed by atoms with E-state index in [-0.39, 0.29) is 5.91 Å². The Morgan fingerprint density at radius 2 is 1.71 bits per heavy atom. The summed E-state index contributed by atoms with van der Waals surface area (Å²) in [5.41, 5.74) is 0. The van der Waals surface area contributed by atoms with Crippen LogP contribution in [0.25, 0.3) is 0 Å². The van der Waals surface area contributed by atoms with Crippen molar-refractivity contribution >= 4 is 5.91 Å². The minimum Gasteiger partial charge on any atom is -0.353 e. The molecule has 0 aromatic rings. The monoisotopic (exact) mass is 197 g/mol. The number of hydrogen-bond acceptors (Lipinski definition) is 1. The van der Waals surface area contributed by atoms with Crippen LogP contribution in [0.4, 0.5) is 0 Å². The second-order valence-electron chi connectivity index (χ2n) is 5.38. The van der Waals surface area contributed by atoms with Gasteiger partial charge < -0.3 is 9.80 Å². The number of nitrogens with one attached hydrogen (secondary N) is 1. The number of nitrogens with zero attached hydrogens (tertiary/aromatic N) is 1. The van der Waals surface area contributed by atoms with Crippen molar-refractivity contribution < 1.29 is 9.28 Å². The molecule has 2 aliphatic heterocycles. The molecule has 80 valence electrons. The Bertz CT molecular complexity index is 234. The van der Waals surface area contributed by atoms with Gasteiger partial charge in [0, 0.05) is 38.6 Å². The van der Waals surface area contributed by atoms with Crippen LogP contribution in [0.2, 0.25) is 0 Å². The summed E-state index contributed by atoms with van der Waals surface area (Å²) in [6.45, 7) is 1.62. The summed E-state index contributed by atoms with van der Waals surface area (Å²) in [7, 11) is 4.68.